The molecular formula is C14H13BrO2. The van der Waals surface area contributed by atoms with Gasteiger partial charge >= 0.3 is 0 Å². The second kappa shape index (κ2) is 5.34. The van der Waals surface area contributed by atoms with Gasteiger partial charge in [0.2, 0.25) is 0 Å². The number of hydrogen-bond donors (Lipinski definition) is 1. The quantitative estimate of drug-likeness (QED) is 0.914. The highest BCUT2D eigenvalue weighted by Gasteiger charge is 2.10. The molecule has 0 saturated heterocycles. The van der Waals surface area contributed by atoms with Crippen LogP contribution in [0.5, 0.6) is 11.5 Å². The largest absolute Gasteiger partial charge is 0.456 e. The van der Waals surface area contributed by atoms with E-state index in [-0.39, 0.29) is 0 Å². The Morgan fingerprint density at radius 1 is 1.00 bits per heavy atom. The Kier molecular flexibility index (Phi) is 3.82. The smallest absolute Gasteiger partial charge is 0.141 e. The maximum Gasteiger partial charge on any atom is 0.141 e. The summed E-state index contributed by atoms with van der Waals surface area (Å²) < 4.78 is 6.68. The van der Waals surface area contributed by atoms with Gasteiger partial charge in [0.25, 0.3) is 0 Å². The normalized spacial score (nSPS) is 12.2. The van der Waals surface area contributed by atoms with Crippen molar-refractivity contribution in [1.29, 1.82) is 0 Å². The molecule has 0 aromatic heterocycles. The minimum Gasteiger partial charge on any atom is -0.456 e. The van der Waals surface area contributed by atoms with Gasteiger partial charge in [-0.2, -0.15) is 0 Å². The minimum atomic E-state index is -0.548. The molecule has 0 spiro atoms. The molecule has 2 aromatic carbocycles. The number of benzene rings is 2. The van der Waals surface area contributed by atoms with Gasteiger partial charge in [0, 0.05) is 5.56 Å². The molecule has 1 N–H and O–H groups in total. The lowest BCUT2D eigenvalue weighted by Gasteiger charge is -2.13. The van der Waals surface area contributed by atoms with Crippen molar-refractivity contribution >= 4 is 15.9 Å². The molecule has 0 aliphatic rings. The summed E-state index contributed by atoms with van der Waals surface area (Å²) in [5.41, 5.74) is 0.781. The Morgan fingerprint density at radius 3 is 2.24 bits per heavy atom. The number of hydrogen-bond acceptors (Lipinski definition) is 2. The first-order valence-electron chi connectivity index (χ1n) is 5.38. The molecule has 3 heteroatoms. The number of rotatable bonds is 3. The van der Waals surface area contributed by atoms with Crippen molar-refractivity contribution in [3.8, 4) is 11.5 Å². The highest BCUT2D eigenvalue weighted by atomic mass is 79.9. The van der Waals surface area contributed by atoms with Crippen LogP contribution in [0.1, 0.15) is 18.6 Å². The van der Waals surface area contributed by atoms with Gasteiger partial charge in [-0.05, 0) is 41.1 Å². The lowest BCUT2D eigenvalue weighted by Crippen LogP contribution is -1.95. The van der Waals surface area contributed by atoms with Crippen LogP contribution >= 0.6 is 15.9 Å². The third-order valence-electron chi connectivity index (χ3n) is 2.43. The Hall–Kier alpha value is -1.32. The Balaban J connectivity index is 2.34. The zero-order valence-electron chi connectivity index (χ0n) is 9.43. The molecule has 0 radical (unpaired) electrons. The van der Waals surface area contributed by atoms with Gasteiger partial charge in [0.1, 0.15) is 11.5 Å². The molecule has 2 rings (SSSR count). The van der Waals surface area contributed by atoms with Crippen LogP contribution in [-0.2, 0) is 0 Å². The van der Waals surface area contributed by atoms with Crippen LogP contribution in [0.2, 0.25) is 0 Å². The number of ether oxygens (including phenoxy) is 1. The van der Waals surface area contributed by atoms with Crippen molar-refractivity contribution in [3.63, 3.8) is 0 Å². The van der Waals surface area contributed by atoms with E-state index in [0.29, 0.717) is 5.75 Å². The van der Waals surface area contributed by atoms with Gasteiger partial charge in [-0.3, -0.25) is 0 Å². The highest BCUT2D eigenvalue weighted by Crippen LogP contribution is 2.33. The van der Waals surface area contributed by atoms with E-state index in [4.69, 9.17) is 4.74 Å². The van der Waals surface area contributed by atoms with Crippen molar-refractivity contribution in [3.05, 3.63) is 58.6 Å². The third kappa shape index (κ3) is 2.87. The van der Waals surface area contributed by atoms with Crippen molar-refractivity contribution in [2.24, 2.45) is 0 Å². The van der Waals surface area contributed by atoms with Gasteiger partial charge < -0.3 is 9.84 Å². The van der Waals surface area contributed by atoms with E-state index >= 15 is 0 Å². The van der Waals surface area contributed by atoms with E-state index < -0.39 is 6.10 Å². The zero-order chi connectivity index (χ0) is 12.3. The molecular weight excluding hydrogens is 280 g/mol. The Labute approximate surface area is 109 Å². The third-order valence-corrected chi connectivity index (χ3v) is 3.08. The van der Waals surface area contributed by atoms with Gasteiger partial charge in [0.15, 0.2) is 0 Å². The van der Waals surface area contributed by atoms with Gasteiger partial charge in [-0.25, -0.2) is 0 Å². The average molecular weight is 293 g/mol. The van der Waals surface area contributed by atoms with Crippen LogP contribution in [0.25, 0.3) is 0 Å². The molecule has 0 amide bonds. The molecule has 0 aliphatic heterocycles. The number of aliphatic hydroxyl groups excluding tert-OH is 1. The van der Waals surface area contributed by atoms with Crippen molar-refractivity contribution in [2.75, 3.05) is 0 Å². The molecule has 0 fully saturated rings. The Bertz CT molecular complexity index is 509. The number of aliphatic hydroxyl groups is 1. The van der Waals surface area contributed by atoms with Crippen molar-refractivity contribution in [2.45, 2.75) is 13.0 Å². The van der Waals surface area contributed by atoms with E-state index in [9.17, 15) is 5.11 Å². The summed E-state index contributed by atoms with van der Waals surface area (Å²) in [4.78, 5) is 0. The standard InChI is InChI=1S/C14H13BrO2/c1-10(16)11-6-2-4-8-13(11)17-14-9-5-3-7-12(14)15/h2-10,16H,1H3. The average Bonchev–Trinajstić information content (AvgIpc) is 2.32. The number of para-hydroxylation sites is 2. The van der Waals surface area contributed by atoms with E-state index in [1.165, 1.54) is 0 Å². The van der Waals surface area contributed by atoms with Gasteiger partial charge in [0.05, 0.1) is 10.6 Å². The minimum absolute atomic E-state index is 0.548. The SMILES string of the molecule is CC(O)c1ccccc1Oc1ccccc1Br. The molecule has 1 unspecified atom stereocenters. The van der Waals surface area contributed by atoms with Gasteiger partial charge in [-0.1, -0.05) is 30.3 Å². The first-order chi connectivity index (χ1) is 8.18. The van der Waals surface area contributed by atoms with Crippen molar-refractivity contribution < 1.29 is 9.84 Å². The fraction of sp³-hybridized carbons (Fsp3) is 0.143. The predicted molar refractivity (Wildman–Crippen MR) is 71.3 cm³/mol. The summed E-state index contributed by atoms with van der Waals surface area (Å²) in [6.07, 6.45) is -0.548. The van der Waals surface area contributed by atoms with Crippen LogP contribution < -0.4 is 4.74 Å². The summed E-state index contributed by atoms with van der Waals surface area (Å²) in [6, 6.07) is 15.1. The molecule has 0 aliphatic carbocycles. The fourth-order valence-electron chi connectivity index (χ4n) is 1.56. The first kappa shape index (κ1) is 12.1. The van der Waals surface area contributed by atoms with Crippen LogP contribution in [0.4, 0.5) is 0 Å². The van der Waals surface area contributed by atoms with Gasteiger partial charge in [-0.15, -0.1) is 0 Å². The summed E-state index contributed by atoms with van der Waals surface area (Å²) in [5.74, 6) is 1.41. The molecule has 0 bridgehead atoms. The van der Waals surface area contributed by atoms with Crippen LogP contribution in [-0.4, -0.2) is 5.11 Å². The maximum absolute atomic E-state index is 9.66. The van der Waals surface area contributed by atoms with Crippen molar-refractivity contribution in [1.82, 2.24) is 0 Å². The first-order valence-corrected chi connectivity index (χ1v) is 6.17. The van der Waals surface area contributed by atoms with E-state index in [1.54, 1.807) is 6.92 Å². The van der Waals surface area contributed by atoms with Crippen LogP contribution in [0, 0.1) is 0 Å². The molecule has 17 heavy (non-hydrogen) atoms. The van der Waals surface area contributed by atoms with E-state index in [2.05, 4.69) is 15.9 Å². The second-order valence-corrected chi connectivity index (χ2v) is 4.60. The fourth-order valence-corrected chi connectivity index (χ4v) is 1.93. The molecule has 2 nitrogen and oxygen atoms in total. The number of halogens is 1. The predicted octanol–water partition coefficient (Wildman–Crippen LogP) is 4.29. The summed E-state index contributed by atoms with van der Waals surface area (Å²) in [6.45, 7) is 1.72. The molecule has 1 atom stereocenters. The van der Waals surface area contributed by atoms with Crippen LogP contribution in [0.15, 0.2) is 53.0 Å². The van der Waals surface area contributed by atoms with E-state index in [1.807, 2.05) is 48.5 Å². The van der Waals surface area contributed by atoms with Crippen LogP contribution in [0.3, 0.4) is 0 Å². The monoisotopic (exact) mass is 292 g/mol. The zero-order valence-corrected chi connectivity index (χ0v) is 11.0. The second-order valence-electron chi connectivity index (χ2n) is 3.75. The van der Waals surface area contributed by atoms with E-state index in [0.717, 1.165) is 15.8 Å². The highest BCUT2D eigenvalue weighted by molar-refractivity contribution is 9.10. The maximum atomic E-state index is 9.66. The summed E-state index contributed by atoms with van der Waals surface area (Å²) >= 11 is 3.43. The summed E-state index contributed by atoms with van der Waals surface area (Å²) in [7, 11) is 0. The topological polar surface area (TPSA) is 29.5 Å². The molecule has 0 heterocycles. The lowest BCUT2D eigenvalue weighted by molar-refractivity contribution is 0.195. The lowest BCUT2D eigenvalue weighted by atomic mass is 10.1. The molecule has 88 valence electrons. The Morgan fingerprint density at radius 2 is 1.59 bits per heavy atom. The summed E-state index contributed by atoms with van der Waals surface area (Å²) in [5, 5.41) is 9.66. The molecule has 0 saturated carbocycles. The molecule has 2 aromatic rings.